The summed E-state index contributed by atoms with van der Waals surface area (Å²) < 4.78 is 5.51. The van der Waals surface area contributed by atoms with Crippen molar-refractivity contribution in [1.82, 2.24) is 9.88 Å². The molecule has 0 radical (unpaired) electrons. The van der Waals surface area contributed by atoms with Crippen LogP contribution in [0.5, 0.6) is 0 Å². The largest absolute Gasteiger partial charge is 0.445 e. The molecule has 2 heterocycles. The van der Waals surface area contributed by atoms with Gasteiger partial charge in [-0.2, -0.15) is 0 Å². The van der Waals surface area contributed by atoms with Crippen LogP contribution < -0.4 is 5.32 Å². The van der Waals surface area contributed by atoms with E-state index in [-0.39, 0.29) is 12.1 Å². The number of ether oxygens (including phenoxy) is 1. The van der Waals surface area contributed by atoms with Gasteiger partial charge in [0, 0.05) is 18.8 Å². The van der Waals surface area contributed by atoms with Gasteiger partial charge in [0.1, 0.15) is 12.4 Å². The Morgan fingerprint density at radius 1 is 1.31 bits per heavy atom. The molecule has 1 fully saturated rings. The average Bonchev–Trinajstić information content (AvgIpc) is 3.17. The van der Waals surface area contributed by atoms with Crippen molar-refractivity contribution in [2.24, 2.45) is 0 Å². The van der Waals surface area contributed by atoms with Crippen LogP contribution in [0.15, 0.2) is 48.7 Å². The van der Waals surface area contributed by atoms with Crippen molar-refractivity contribution in [3.8, 4) is 0 Å². The summed E-state index contributed by atoms with van der Waals surface area (Å²) in [6, 6.07) is 14.3. The maximum atomic E-state index is 12.5. The van der Waals surface area contributed by atoms with Crippen LogP contribution in [-0.4, -0.2) is 28.6 Å². The smallest absolute Gasteiger partial charge is 0.410 e. The summed E-state index contributed by atoms with van der Waals surface area (Å²) in [5, 5.41) is 3.37. The lowest BCUT2D eigenvalue weighted by Crippen LogP contribution is -2.31. The number of nitrogens with one attached hydrogen (secondary N) is 1. The number of aromatic nitrogens is 1. The molecule has 1 aliphatic rings. The van der Waals surface area contributed by atoms with Gasteiger partial charge in [-0.25, -0.2) is 9.78 Å². The minimum absolute atomic E-state index is 0.0448. The first-order chi connectivity index (χ1) is 12.7. The minimum atomic E-state index is -0.252. The highest BCUT2D eigenvalue weighted by molar-refractivity contribution is 5.68. The SMILES string of the molecule is CCC(C)Nc1ccc(C2CCCN2C(=O)OCc2ccccc2)cn1. The molecule has 2 aromatic rings. The van der Waals surface area contributed by atoms with E-state index in [1.165, 1.54) is 0 Å². The molecule has 1 amide bonds. The number of likely N-dealkylation sites (tertiary alicyclic amines) is 1. The monoisotopic (exact) mass is 353 g/mol. The number of amides is 1. The number of hydrogen-bond acceptors (Lipinski definition) is 4. The molecule has 3 rings (SSSR count). The fourth-order valence-electron chi connectivity index (χ4n) is 3.18. The molecule has 0 saturated carbocycles. The molecular weight excluding hydrogens is 326 g/mol. The maximum Gasteiger partial charge on any atom is 0.410 e. The van der Waals surface area contributed by atoms with E-state index in [0.717, 1.165) is 42.8 Å². The molecule has 26 heavy (non-hydrogen) atoms. The highest BCUT2D eigenvalue weighted by atomic mass is 16.6. The Hall–Kier alpha value is -2.56. The number of hydrogen-bond donors (Lipinski definition) is 1. The van der Waals surface area contributed by atoms with Crippen molar-refractivity contribution >= 4 is 11.9 Å². The standard InChI is InChI=1S/C21H27N3O2/c1-3-16(2)23-20-12-11-18(14-22-20)19-10-7-13-24(19)21(25)26-15-17-8-5-4-6-9-17/h4-6,8-9,11-12,14,16,19H,3,7,10,13,15H2,1-2H3,(H,22,23). The van der Waals surface area contributed by atoms with E-state index in [2.05, 4.69) is 30.2 Å². The summed E-state index contributed by atoms with van der Waals surface area (Å²) in [6.45, 7) is 5.31. The fourth-order valence-corrected chi connectivity index (χ4v) is 3.18. The molecule has 0 bridgehead atoms. The van der Waals surface area contributed by atoms with Gasteiger partial charge in [-0.3, -0.25) is 0 Å². The van der Waals surface area contributed by atoms with Gasteiger partial charge < -0.3 is 15.0 Å². The molecule has 0 spiro atoms. The van der Waals surface area contributed by atoms with Crippen LogP contribution in [-0.2, 0) is 11.3 Å². The zero-order valence-electron chi connectivity index (χ0n) is 15.5. The zero-order valence-corrected chi connectivity index (χ0v) is 15.5. The first-order valence-corrected chi connectivity index (χ1v) is 9.37. The van der Waals surface area contributed by atoms with Crippen LogP contribution in [0.25, 0.3) is 0 Å². The number of carbonyl (C=O) groups is 1. The minimum Gasteiger partial charge on any atom is -0.445 e. The third kappa shape index (κ3) is 4.54. The van der Waals surface area contributed by atoms with Crippen LogP contribution in [0.3, 0.4) is 0 Å². The van der Waals surface area contributed by atoms with E-state index in [9.17, 15) is 4.79 Å². The first-order valence-electron chi connectivity index (χ1n) is 9.37. The molecule has 1 aromatic heterocycles. The Labute approximate surface area is 155 Å². The van der Waals surface area contributed by atoms with E-state index in [1.54, 1.807) is 0 Å². The summed E-state index contributed by atoms with van der Waals surface area (Å²) in [5.74, 6) is 0.874. The van der Waals surface area contributed by atoms with Gasteiger partial charge >= 0.3 is 6.09 Å². The molecule has 1 saturated heterocycles. The van der Waals surface area contributed by atoms with Crippen LogP contribution in [0, 0.1) is 0 Å². The van der Waals surface area contributed by atoms with Crippen LogP contribution in [0.2, 0.25) is 0 Å². The Kier molecular flexibility index (Phi) is 6.10. The Morgan fingerprint density at radius 3 is 2.81 bits per heavy atom. The van der Waals surface area contributed by atoms with Crippen molar-refractivity contribution in [1.29, 1.82) is 0 Å². The van der Waals surface area contributed by atoms with Crippen molar-refractivity contribution in [3.05, 3.63) is 59.8 Å². The van der Waals surface area contributed by atoms with E-state index >= 15 is 0 Å². The van der Waals surface area contributed by atoms with Gasteiger partial charge in [0.15, 0.2) is 0 Å². The number of rotatable bonds is 6. The third-order valence-corrected chi connectivity index (χ3v) is 4.87. The molecule has 5 nitrogen and oxygen atoms in total. The van der Waals surface area contributed by atoms with Gasteiger partial charge in [0.05, 0.1) is 6.04 Å². The van der Waals surface area contributed by atoms with Crippen molar-refractivity contribution in [2.75, 3.05) is 11.9 Å². The average molecular weight is 353 g/mol. The molecular formula is C21H27N3O2. The summed E-state index contributed by atoms with van der Waals surface area (Å²) >= 11 is 0. The van der Waals surface area contributed by atoms with Gasteiger partial charge in [0.2, 0.25) is 0 Å². The number of pyridine rings is 1. The normalized spacial score (nSPS) is 17.8. The zero-order chi connectivity index (χ0) is 18.4. The van der Waals surface area contributed by atoms with Gasteiger partial charge in [-0.1, -0.05) is 43.3 Å². The van der Waals surface area contributed by atoms with Crippen LogP contribution in [0.1, 0.15) is 50.3 Å². The molecule has 5 heteroatoms. The molecule has 2 atom stereocenters. The number of nitrogens with zero attached hydrogens (tertiary/aromatic N) is 2. The molecule has 0 aliphatic carbocycles. The summed E-state index contributed by atoms with van der Waals surface area (Å²) in [4.78, 5) is 18.9. The summed E-state index contributed by atoms with van der Waals surface area (Å²) in [6.07, 6.45) is 4.60. The Bertz CT molecular complexity index is 703. The van der Waals surface area contributed by atoms with Gasteiger partial charge in [-0.05, 0) is 43.4 Å². The highest BCUT2D eigenvalue weighted by Crippen LogP contribution is 2.32. The van der Waals surface area contributed by atoms with E-state index in [4.69, 9.17) is 4.74 Å². The number of anilines is 1. The second-order valence-corrected chi connectivity index (χ2v) is 6.82. The van der Waals surface area contributed by atoms with Crippen LogP contribution >= 0.6 is 0 Å². The predicted molar refractivity (Wildman–Crippen MR) is 103 cm³/mol. The van der Waals surface area contributed by atoms with Crippen molar-refractivity contribution in [3.63, 3.8) is 0 Å². The quantitative estimate of drug-likeness (QED) is 0.813. The van der Waals surface area contributed by atoms with E-state index in [0.29, 0.717) is 12.6 Å². The second kappa shape index (κ2) is 8.70. The topological polar surface area (TPSA) is 54.5 Å². The molecule has 2 unspecified atom stereocenters. The third-order valence-electron chi connectivity index (χ3n) is 4.87. The fraction of sp³-hybridized carbons (Fsp3) is 0.429. The van der Waals surface area contributed by atoms with Crippen LogP contribution in [0.4, 0.5) is 10.6 Å². The lowest BCUT2D eigenvalue weighted by atomic mass is 10.1. The first kappa shape index (κ1) is 18.2. The molecule has 1 aliphatic heterocycles. The summed E-state index contributed by atoms with van der Waals surface area (Å²) in [7, 11) is 0. The van der Waals surface area contributed by atoms with Crippen molar-refractivity contribution < 1.29 is 9.53 Å². The lowest BCUT2D eigenvalue weighted by Gasteiger charge is -2.24. The van der Waals surface area contributed by atoms with Gasteiger partial charge in [-0.15, -0.1) is 0 Å². The van der Waals surface area contributed by atoms with E-state index in [1.807, 2.05) is 47.5 Å². The molecule has 138 valence electrons. The molecule has 1 aromatic carbocycles. The lowest BCUT2D eigenvalue weighted by molar-refractivity contribution is 0.0920. The maximum absolute atomic E-state index is 12.5. The van der Waals surface area contributed by atoms with Gasteiger partial charge in [0.25, 0.3) is 0 Å². The highest BCUT2D eigenvalue weighted by Gasteiger charge is 2.31. The molecule has 1 N–H and O–H groups in total. The van der Waals surface area contributed by atoms with Crippen molar-refractivity contribution in [2.45, 2.75) is 51.8 Å². The number of benzene rings is 1. The number of carbonyl (C=O) groups excluding carboxylic acids is 1. The second-order valence-electron chi connectivity index (χ2n) is 6.82. The summed E-state index contributed by atoms with van der Waals surface area (Å²) in [5.41, 5.74) is 2.06. The Morgan fingerprint density at radius 2 is 2.12 bits per heavy atom. The predicted octanol–water partition coefficient (Wildman–Crippen LogP) is 4.77. The van der Waals surface area contributed by atoms with E-state index < -0.39 is 0 Å². The Balaban J connectivity index is 1.61.